The SMILES string of the molecule is CC1(C)O[C@@H](C=O)[C@@H](COS(C)(=O)=O)O1. The van der Waals surface area contributed by atoms with Crippen LogP contribution < -0.4 is 0 Å². The van der Waals surface area contributed by atoms with Crippen molar-refractivity contribution in [1.29, 1.82) is 0 Å². The van der Waals surface area contributed by atoms with Gasteiger partial charge in [-0.2, -0.15) is 8.42 Å². The van der Waals surface area contributed by atoms with Crippen molar-refractivity contribution in [3.8, 4) is 0 Å². The van der Waals surface area contributed by atoms with E-state index in [-0.39, 0.29) is 6.61 Å². The molecule has 15 heavy (non-hydrogen) atoms. The molecule has 88 valence electrons. The van der Waals surface area contributed by atoms with Crippen LogP contribution in [0.3, 0.4) is 0 Å². The highest BCUT2D eigenvalue weighted by Gasteiger charge is 2.41. The first-order valence-corrected chi connectivity index (χ1v) is 6.20. The number of carbonyl (C=O) groups is 1. The first-order chi connectivity index (χ1) is 6.73. The topological polar surface area (TPSA) is 78.9 Å². The van der Waals surface area contributed by atoms with Gasteiger partial charge >= 0.3 is 0 Å². The molecular weight excluding hydrogens is 224 g/mol. The quantitative estimate of drug-likeness (QED) is 0.493. The lowest BCUT2D eigenvalue weighted by Gasteiger charge is -2.16. The zero-order valence-corrected chi connectivity index (χ0v) is 9.61. The maximum absolute atomic E-state index is 10.7. The zero-order chi connectivity index (χ0) is 11.7. The van der Waals surface area contributed by atoms with Crippen molar-refractivity contribution in [3.63, 3.8) is 0 Å². The molecular formula is C8H14O6S. The van der Waals surface area contributed by atoms with Gasteiger partial charge in [-0.25, -0.2) is 0 Å². The molecule has 1 rings (SSSR count). The third kappa shape index (κ3) is 3.86. The molecule has 1 aliphatic heterocycles. The maximum atomic E-state index is 10.7. The van der Waals surface area contributed by atoms with E-state index in [1.807, 2.05) is 0 Å². The van der Waals surface area contributed by atoms with E-state index in [4.69, 9.17) is 9.47 Å². The van der Waals surface area contributed by atoms with Gasteiger partial charge in [0.05, 0.1) is 12.9 Å². The summed E-state index contributed by atoms with van der Waals surface area (Å²) < 4.78 is 36.5. The molecule has 0 aliphatic carbocycles. The Morgan fingerprint density at radius 2 is 2.00 bits per heavy atom. The Balaban J connectivity index is 2.58. The Morgan fingerprint density at radius 3 is 2.47 bits per heavy atom. The van der Waals surface area contributed by atoms with Crippen molar-refractivity contribution in [2.45, 2.75) is 31.8 Å². The lowest BCUT2D eigenvalue weighted by Crippen LogP contribution is -2.29. The van der Waals surface area contributed by atoms with E-state index in [1.54, 1.807) is 13.8 Å². The average Bonchev–Trinajstić information content (AvgIpc) is 2.36. The summed E-state index contributed by atoms with van der Waals surface area (Å²) in [6, 6.07) is 0. The van der Waals surface area contributed by atoms with Crippen molar-refractivity contribution in [2.75, 3.05) is 12.9 Å². The smallest absolute Gasteiger partial charge is 0.264 e. The van der Waals surface area contributed by atoms with Gasteiger partial charge in [0.25, 0.3) is 10.1 Å². The Kier molecular flexibility index (Phi) is 3.49. The van der Waals surface area contributed by atoms with E-state index in [9.17, 15) is 13.2 Å². The summed E-state index contributed by atoms with van der Waals surface area (Å²) >= 11 is 0. The van der Waals surface area contributed by atoms with Crippen molar-refractivity contribution in [1.82, 2.24) is 0 Å². The van der Waals surface area contributed by atoms with Crippen LogP contribution in [0.5, 0.6) is 0 Å². The van der Waals surface area contributed by atoms with Crippen LogP contribution in [0.25, 0.3) is 0 Å². The molecule has 6 nitrogen and oxygen atoms in total. The number of carbonyl (C=O) groups excluding carboxylic acids is 1. The van der Waals surface area contributed by atoms with Crippen molar-refractivity contribution >= 4 is 16.4 Å². The molecule has 0 N–H and O–H groups in total. The Hall–Kier alpha value is -0.500. The van der Waals surface area contributed by atoms with Gasteiger partial charge in [0.2, 0.25) is 0 Å². The van der Waals surface area contributed by atoms with Gasteiger partial charge in [0.1, 0.15) is 12.2 Å². The minimum Gasteiger partial charge on any atom is -0.342 e. The number of hydrogen-bond donors (Lipinski definition) is 0. The summed E-state index contributed by atoms with van der Waals surface area (Å²) in [5.74, 6) is -0.892. The summed E-state index contributed by atoms with van der Waals surface area (Å²) in [4.78, 5) is 10.6. The van der Waals surface area contributed by atoms with E-state index in [2.05, 4.69) is 4.18 Å². The molecule has 0 amide bonds. The maximum Gasteiger partial charge on any atom is 0.264 e. The zero-order valence-electron chi connectivity index (χ0n) is 8.80. The number of ether oxygens (including phenoxy) is 2. The molecule has 7 heteroatoms. The number of aldehydes is 1. The summed E-state index contributed by atoms with van der Waals surface area (Å²) in [5, 5.41) is 0. The average molecular weight is 238 g/mol. The van der Waals surface area contributed by atoms with Gasteiger partial charge < -0.3 is 14.3 Å². The lowest BCUT2D eigenvalue weighted by atomic mass is 10.2. The second kappa shape index (κ2) is 4.17. The second-order valence-electron chi connectivity index (χ2n) is 3.76. The highest BCUT2D eigenvalue weighted by Crippen LogP contribution is 2.27. The van der Waals surface area contributed by atoms with Crippen LogP contribution in [-0.4, -0.2) is 45.6 Å². The summed E-state index contributed by atoms with van der Waals surface area (Å²) in [6.45, 7) is 3.07. The van der Waals surface area contributed by atoms with Crippen molar-refractivity contribution in [2.24, 2.45) is 0 Å². The Labute approximate surface area is 88.6 Å². The van der Waals surface area contributed by atoms with Crippen LogP contribution in [0.2, 0.25) is 0 Å². The van der Waals surface area contributed by atoms with Gasteiger partial charge in [-0.15, -0.1) is 0 Å². The molecule has 1 fully saturated rings. The second-order valence-corrected chi connectivity index (χ2v) is 5.41. The highest BCUT2D eigenvalue weighted by molar-refractivity contribution is 7.85. The molecule has 1 saturated heterocycles. The predicted octanol–water partition coefficient (Wildman–Crippen LogP) is -0.318. The highest BCUT2D eigenvalue weighted by atomic mass is 32.2. The fourth-order valence-corrected chi connectivity index (χ4v) is 1.68. The predicted molar refractivity (Wildman–Crippen MR) is 50.7 cm³/mol. The van der Waals surface area contributed by atoms with E-state index < -0.39 is 28.1 Å². The fraction of sp³-hybridized carbons (Fsp3) is 0.875. The third-order valence-electron chi connectivity index (χ3n) is 1.80. The van der Waals surface area contributed by atoms with E-state index in [0.717, 1.165) is 6.26 Å². The van der Waals surface area contributed by atoms with Crippen molar-refractivity contribution < 1.29 is 26.9 Å². The number of rotatable bonds is 4. The largest absolute Gasteiger partial charge is 0.342 e. The molecule has 0 radical (unpaired) electrons. The fourth-order valence-electron chi connectivity index (χ4n) is 1.30. The Bertz CT molecular complexity index is 333. The van der Waals surface area contributed by atoms with Gasteiger partial charge in [-0.1, -0.05) is 0 Å². The summed E-state index contributed by atoms with van der Waals surface area (Å²) in [7, 11) is -3.53. The van der Waals surface area contributed by atoms with Crippen LogP contribution in [0.1, 0.15) is 13.8 Å². The van der Waals surface area contributed by atoms with Crippen LogP contribution in [-0.2, 0) is 28.6 Å². The minimum atomic E-state index is -3.53. The van der Waals surface area contributed by atoms with E-state index in [1.165, 1.54) is 0 Å². The van der Waals surface area contributed by atoms with E-state index >= 15 is 0 Å². The molecule has 0 spiro atoms. The van der Waals surface area contributed by atoms with Gasteiger partial charge in [0, 0.05) is 0 Å². The molecule has 0 aromatic heterocycles. The standard InChI is InChI=1S/C8H14O6S/c1-8(2)13-6(4-9)7(14-8)5-12-15(3,10)11/h4,6-7H,5H2,1-3H3/t6-,7+/m0/s1. The van der Waals surface area contributed by atoms with Crippen molar-refractivity contribution in [3.05, 3.63) is 0 Å². The molecule has 0 aromatic carbocycles. The van der Waals surface area contributed by atoms with Gasteiger partial charge in [0.15, 0.2) is 12.1 Å². The van der Waals surface area contributed by atoms with Crippen LogP contribution in [0, 0.1) is 0 Å². The first kappa shape index (κ1) is 12.6. The van der Waals surface area contributed by atoms with Gasteiger partial charge in [-0.05, 0) is 13.8 Å². The van der Waals surface area contributed by atoms with Crippen LogP contribution in [0.4, 0.5) is 0 Å². The number of hydrogen-bond acceptors (Lipinski definition) is 6. The summed E-state index contributed by atoms with van der Waals surface area (Å²) in [5.41, 5.74) is 0. The molecule has 0 bridgehead atoms. The molecule has 2 atom stereocenters. The first-order valence-electron chi connectivity index (χ1n) is 4.39. The van der Waals surface area contributed by atoms with Crippen LogP contribution >= 0.6 is 0 Å². The van der Waals surface area contributed by atoms with Crippen LogP contribution in [0.15, 0.2) is 0 Å². The molecule has 0 unspecified atom stereocenters. The summed E-state index contributed by atoms with van der Waals surface area (Å²) in [6.07, 6.45) is 0.0311. The molecule has 0 aromatic rings. The molecule has 1 aliphatic rings. The molecule has 1 heterocycles. The lowest BCUT2D eigenvalue weighted by molar-refractivity contribution is -0.151. The van der Waals surface area contributed by atoms with Gasteiger partial charge in [-0.3, -0.25) is 4.18 Å². The van der Waals surface area contributed by atoms with E-state index in [0.29, 0.717) is 6.29 Å². The normalized spacial score (nSPS) is 30.3. The monoisotopic (exact) mass is 238 g/mol. The Morgan fingerprint density at radius 1 is 1.40 bits per heavy atom. The molecule has 0 saturated carbocycles. The third-order valence-corrected chi connectivity index (χ3v) is 2.37. The minimum absolute atomic E-state index is 0.217.